The van der Waals surface area contributed by atoms with Crippen molar-refractivity contribution in [2.24, 2.45) is 0 Å². The van der Waals surface area contributed by atoms with Gasteiger partial charge in [-0.3, -0.25) is 13.0 Å². The third-order valence-corrected chi connectivity index (χ3v) is 5.26. The molecule has 0 radical (unpaired) electrons. The van der Waals surface area contributed by atoms with Crippen LogP contribution in [0.4, 0.5) is 9.59 Å². The zero-order chi connectivity index (χ0) is 50.9. The third kappa shape index (κ3) is 259. The van der Waals surface area contributed by atoms with Crippen molar-refractivity contribution < 1.29 is 139 Å². The fourth-order valence-electron chi connectivity index (χ4n) is 2.73. The maximum Gasteiger partial charge on any atom is 0.249 e. The Kier molecular flexibility index (Phi) is 103. The number of methoxy groups -OCH3 is 10. The first-order chi connectivity index (χ1) is 29.5. The molecule has 0 unspecified atom stereocenters. The molecule has 0 heterocycles. The molecule has 0 saturated carbocycles. The lowest BCUT2D eigenvalue weighted by molar-refractivity contribution is -0.657. The Labute approximate surface area is 374 Å². The van der Waals surface area contributed by atoms with Gasteiger partial charge >= 0.3 is 0 Å². The largest absolute Gasteiger partial charge is 0.759 e. The lowest BCUT2D eigenvalue weighted by Crippen LogP contribution is -2.86. The van der Waals surface area contributed by atoms with E-state index >= 15 is 0 Å². The maximum atomic E-state index is 8.63. The molecule has 0 aliphatic heterocycles. The van der Waals surface area contributed by atoms with Crippen LogP contribution in [0.3, 0.4) is 0 Å². The molecule has 0 aliphatic rings. The van der Waals surface area contributed by atoms with Gasteiger partial charge in [0.05, 0.1) is 132 Å². The highest BCUT2D eigenvalue weighted by Gasteiger charge is 1.90. The van der Waals surface area contributed by atoms with Gasteiger partial charge in [-0.25, -0.2) is 8.42 Å². The summed E-state index contributed by atoms with van der Waals surface area (Å²) in [5.41, 5.74) is 0. The highest BCUT2D eigenvalue weighted by molar-refractivity contribution is 7.80. The summed E-state index contributed by atoms with van der Waals surface area (Å²) < 4.78 is 115. The van der Waals surface area contributed by atoms with Crippen molar-refractivity contribution in [3.63, 3.8) is 0 Å². The number of hydrogen-bond acceptors (Lipinski definition) is 21. The van der Waals surface area contributed by atoms with E-state index in [1.807, 2.05) is 0 Å². The molecule has 0 amide bonds. The highest BCUT2D eigenvalue weighted by Crippen LogP contribution is 1.62. The fraction of sp³-hybridized carbons (Fsp3) is 0.938. The number of ether oxygens (including phenoxy) is 10. The lowest BCUT2D eigenvalue weighted by atomic mass is 10.6. The normalized spacial score (nSPS) is 9.75. The highest BCUT2D eigenvalue weighted by atomic mass is 32.3. The van der Waals surface area contributed by atoms with Gasteiger partial charge in [0.2, 0.25) is 22.7 Å². The average molecular weight is 986 g/mol. The van der Waals surface area contributed by atoms with Crippen LogP contribution in [0.2, 0.25) is 0 Å². The summed E-state index contributed by atoms with van der Waals surface area (Å²) in [7, 11) is 7.04. The summed E-state index contributed by atoms with van der Waals surface area (Å²) in [4.78, 5) is 16.9. The van der Waals surface area contributed by atoms with Gasteiger partial charge in [0.15, 0.2) is 0 Å². The number of carbonyl (C=O) groups is 2. The first kappa shape index (κ1) is 80.9. The van der Waals surface area contributed by atoms with E-state index in [1.54, 1.807) is 71.1 Å². The minimum Gasteiger partial charge on any atom is -0.759 e. The van der Waals surface area contributed by atoms with E-state index < -0.39 is 33.1 Å². The molecule has 0 aromatic rings. The van der Waals surface area contributed by atoms with Crippen LogP contribution in [-0.4, -0.2) is 260 Å². The van der Waals surface area contributed by atoms with Gasteiger partial charge in [-0.15, -0.1) is 0 Å². The van der Waals surface area contributed by atoms with Gasteiger partial charge in [-0.05, 0) is 0 Å². The maximum absolute atomic E-state index is 8.63. The molecular formula is C32H83N5O24S2. The Morgan fingerprint density at radius 1 is 0.365 bits per heavy atom. The van der Waals surface area contributed by atoms with Crippen LogP contribution in [0.5, 0.6) is 0 Å². The van der Waals surface area contributed by atoms with Crippen LogP contribution in [0.1, 0.15) is 0 Å². The van der Waals surface area contributed by atoms with Crippen LogP contribution in [0.25, 0.3) is 0 Å². The van der Waals surface area contributed by atoms with E-state index in [-0.39, 0.29) is 0 Å². The number of rotatable bonds is 30. The minimum absolute atomic E-state index is 0.823. The quantitative estimate of drug-likeness (QED) is 0.0188. The van der Waals surface area contributed by atoms with E-state index in [2.05, 4.69) is 26.6 Å². The average Bonchev–Trinajstić information content (AvgIpc) is 3.17. The van der Waals surface area contributed by atoms with Crippen LogP contribution in [-0.2, 0) is 68.2 Å². The van der Waals surface area contributed by atoms with Crippen molar-refractivity contribution in [3.05, 3.63) is 0 Å². The number of nitrogens with two attached hydrogens (primary N) is 5. The molecule has 0 spiro atoms. The Morgan fingerprint density at radius 2 is 0.429 bits per heavy atom. The predicted octanol–water partition coefficient (Wildman–Crippen LogP) is -10.3. The SMILES string of the molecule is COCC[NH2+]CCOC.COCC[NH2+]CCOC.COCC[NH2+]CCOC.COCC[NH2+]CCOC.COCC[NH2+]CCOC.O=C([O-])O.O=C([O-])O.O=S(=O)([O-])O.O=S(=O)([O-])[O-]. The van der Waals surface area contributed by atoms with Crippen molar-refractivity contribution in [2.45, 2.75) is 0 Å². The molecule has 0 bridgehead atoms. The molecule has 0 rings (SSSR count). The van der Waals surface area contributed by atoms with Crippen LogP contribution >= 0.6 is 0 Å². The summed E-state index contributed by atoms with van der Waals surface area (Å²) in [6.07, 6.45) is -4.17. The molecule has 13 N–H and O–H groups in total. The monoisotopic (exact) mass is 985 g/mol. The summed E-state index contributed by atoms with van der Waals surface area (Å²) in [5, 5.41) is 41.5. The summed E-state index contributed by atoms with van der Waals surface area (Å²) in [5.74, 6) is 0. The van der Waals surface area contributed by atoms with Gasteiger partial charge in [-0.2, -0.15) is 0 Å². The second kappa shape index (κ2) is 80.0. The number of quaternary nitrogens is 5. The van der Waals surface area contributed by atoms with Crippen molar-refractivity contribution >= 4 is 33.1 Å². The second-order valence-electron chi connectivity index (χ2n) is 10.6. The summed E-state index contributed by atoms with van der Waals surface area (Å²) in [6.45, 7) is 18.5. The molecule has 0 aromatic heterocycles. The molecule has 392 valence electrons. The van der Waals surface area contributed by atoms with Gasteiger partial charge in [0.1, 0.15) is 0 Å². The molecule has 0 saturated heterocycles. The molecule has 0 fully saturated rings. The summed E-state index contributed by atoms with van der Waals surface area (Å²) >= 11 is 0. The van der Waals surface area contributed by atoms with E-state index in [4.69, 9.17) is 112 Å². The van der Waals surface area contributed by atoms with Crippen molar-refractivity contribution in [1.29, 1.82) is 0 Å². The van der Waals surface area contributed by atoms with E-state index in [0.29, 0.717) is 0 Å². The fourth-order valence-corrected chi connectivity index (χ4v) is 2.73. The lowest BCUT2D eigenvalue weighted by Gasteiger charge is -2.06. The zero-order valence-corrected chi connectivity index (χ0v) is 40.4. The molecular weight excluding hydrogens is 902 g/mol. The van der Waals surface area contributed by atoms with Crippen LogP contribution in [0, 0.1) is 0 Å². The Hall–Kier alpha value is -2.32. The number of hydrogen-bond donors (Lipinski definition) is 8. The van der Waals surface area contributed by atoms with Gasteiger partial charge in [0, 0.05) is 81.5 Å². The Morgan fingerprint density at radius 3 is 0.476 bits per heavy atom. The van der Waals surface area contributed by atoms with Crippen LogP contribution in [0.15, 0.2) is 0 Å². The van der Waals surface area contributed by atoms with E-state index in [9.17, 15) is 0 Å². The second-order valence-corrected chi connectivity index (χ2v) is 12.3. The third-order valence-electron chi connectivity index (χ3n) is 5.26. The molecule has 29 nitrogen and oxygen atoms in total. The van der Waals surface area contributed by atoms with E-state index in [1.165, 1.54) is 0 Å². The molecule has 0 aliphatic carbocycles. The first-order valence-corrected chi connectivity index (χ1v) is 21.4. The minimum atomic E-state index is -5.17. The Balaban J connectivity index is -0.0000000756. The summed E-state index contributed by atoms with van der Waals surface area (Å²) in [6, 6.07) is 0. The number of carboxylic acid groups (broad SMARTS) is 4. The molecule has 0 atom stereocenters. The van der Waals surface area contributed by atoms with Crippen LogP contribution < -0.4 is 36.8 Å². The smallest absolute Gasteiger partial charge is 0.249 e. The van der Waals surface area contributed by atoms with E-state index in [0.717, 1.165) is 132 Å². The molecule has 63 heavy (non-hydrogen) atoms. The van der Waals surface area contributed by atoms with Crippen molar-refractivity contribution in [1.82, 2.24) is 0 Å². The zero-order valence-electron chi connectivity index (χ0n) is 38.8. The van der Waals surface area contributed by atoms with Gasteiger partial charge < -0.3 is 118 Å². The molecule has 31 heteroatoms. The predicted molar refractivity (Wildman–Crippen MR) is 216 cm³/mol. The molecule has 0 aromatic carbocycles. The van der Waals surface area contributed by atoms with Crippen molar-refractivity contribution in [3.8, 4) is 0 Å². The van der Waals surface area contributed by atoms with Gasteiger partial charge in [-0.1, -0.05) is 0 Å². The van der Waals surface area contributed by atoms with Gasteiger partial charge in [0.25, 0.3) is 0 Å². The Bertz CT molecular complexity index is 821. The standard InChI is InChI=1S/5C6H15NO2.2CH2O3.2H2O4S/c5*1-8-5-3-7-4-6-9-2;2*2-1(3)4;2*1-5(2,3)4/h5*7H,3-6H2,1-2H3;2*(H2,2,3,4);2*(H2,1,2,3,4). The topological polar surface area (TPSA) is 454 Å². The van der Waals surface area contributed by atoms with Crippen molar-refractivity contribution in [2.75, 3.05) is 203 Å². The first-order valence-electron chi connectivity index (χ1n) is 18.7.